The zero-order chi connectivity index (χ0) is 24.3. The molecule has 0 unspecified atom stereocenters. The molecule has 5 fully saturated rings. The van der Waals surface area contributed by atoms with Crippen molar-refractivity contribution >= 4 is 0 Å². The Kier molecular flexibility index (Phi) is 6.53. The number of ether oxygens (including phenoxy) is 4. The van der Waals surface area contributed by atoms with Crippen molar-refractivity contribution in [1.29, 1.82) is 0 Å². The van der Waals surface area contributed by atoms with Gasteiger partial charge in [0.15, 0.2) is 11.6 Å². The van der Waals surface area contributed by atoms with Crippen LogP contribution in [0.2, 0.25) is 0 Å². The molecule has 34 heavy (non-hydrogen) atoms. The zero-order valence-corrected chi connectivity index (χ0v) is 23.1. The predicted octanol–water partition coefficient (Wildman–Crippen LogP) is 7.49. The molecule has 0 bridgehead atoms. The third kappa shape index (κ3) is 5.00. The highest BCUT2D eigenvalue weighted by Gasteiger charge is 2.53. The summed E-state index contributed by atoms with van der Waals surface area (Å²) in [5.41, 5.74) is 1.20. The highest BCUT2D eigenvalue weighted by Crippen LogP contribution is 2.54. The lowest BCUT2D eigenvalue weighted by Gasteiger charge is -2.55. The number of rotatable bonds is 0. The SMILES string of the molecule is CC(C)(C)C1CCC2(CC1)OCC1(CCC3(CC1)COC1(CCC(C(C)(C)C)CC1)OC3)CO2. The van der Waals surface area contributed by atoms with Gasteiger partial charge < -0.3 is 18.9 Å². The molecule has 196 valence electrons. The van der Waals surface area contributed by atoms with E-state index in [-0.39, 0.29) is 22.4 Å². The van der Waals surface area contributed by atoms with E-state index in [9.17, 15) is 0 Å². The third-order valence-electron chi connectivity index (χ3n) is 10.9. The zero-order valence-electron chi connectivity index (χ0n) is 23.1. The molecule has 2 aliphatic heterocycles. The Labute approximate surface area is 209 Å². The molecule has 0 amide bonds. The summed E-state index contributed by atoms with van der Waals surface area (Å²) in [6.07, 6.45) is 13.9. The first-order valence-electron chi connectivity index (χ1n) is 14.4. The first-order chi connectivity index (χ1) is 15.9. The monoisotopic (exact) mass is 476 g/mol. The molecule has 2 saturated heterocycles. The topological polar surface area (TPSA) is 36.9 Å². The van der Waals surface area contributed by atoms with Gasteiger partial charge in [0.1, 0.15) is 0 Å². The van der Waals surface area contributed by atoms with Crippen LogP contribution in [0.25, 0.3) is 0 Å². The van der Waals surface area contributed by atoms with E-state index in [2.05, 4.69) is 41.5 Å². The maximum absolute atomic E-state index is 6.58. The highest BCUT2D eigenvalue weighted by atomic mass is 16.7. The van der Waals surface area contributed by atoms with E-state index >= 15 is 0 Å². The van der Waals surface area contributed by atoms with Gasteiger partial charge in [-0.25, -0.2) is 0 Å². The van der Waals surface area contributed by atoms with Crippen molar-refractivity contribution in [2.24, 2.45) is 33.5 Å². The molecule has 0 aromatic rings. The summed E-state index contributed by atoms with van der Waals surface area (Å²) < 4.78 is 26.3. The summed E-state index contributed by atoms with van der Waals surface area (Å²) in [7, 11) is 0. The Bertz CT molecular complexity index is 619. The van der Waals surface area contributed by atoms with Crippen molar-refractivity contribution in [3.05, 3.63) is 0 Å². The molecule has 2 heterocycles. The second-order valence-corrected chi connectivity index (χ2v) is 15.3. The van der Waals surface area contributed by atoms with Gasteiger partial charge in [0.2, 0.25) is 0 Å². The van der Waals surface area contributed by atoms with E-state index in [1.807, 2.05) is 0 Å². The van der Waals surface area contributed by atoms with Gasteiger partial charge in [-0.15, -0.1) is 0 Å². The van der Waals surface area contributed by atoms with Gasteiger partial charge in [-0.3, -0.25) is 0 Å². The summed E-state index contributed by atoms with van der Waals surface area (Å²) in [5, 5.41) is 0. The van der Waals surface area contributed by atoms with Crippen LogP contribution in [0.1, 0.15) is 119 Å². The van der Waals surface area contributed by atoms with E-state index in [1.54, 1.807) is 0 Å². The molecule has 0 radical (unpaired) electrons. The van der Waals surface area contributed by atoms with E-state index in [0.29, 0.717) is 10.8 Å². The highest BCUT2D eigenvalue weighted by molar-refractivity contribution is 4.99. The molecule has 4 heteroatoms. The normalized spacial score (nSPS) is 46.4. The molecule has 5 aliphatic rings. The molecule has 4 nitrogen and oxygen atoms in total. The average molecular weight is 477 g/mol. The maximum atomic E-state index is 6.58. The minimum atomic E-state index is -0.294. The summed E-state index contributed by atoms with van der Waals surface area (Å²) in [6.45, 7) is 17.8. The molecule has 0 aromatic heterocycles. The lowest BCUT2D eigenvalue weighted by atomic mass is 9.63. The van der Waals surface area contributed by atoms with E-state index < -0.39 is 0 Å². The summed E-state index contributed by atoms with van der Waals surface area (Å²) in [5.74, 6) is 0.984. The fraction of sp³-hybridized carbons (Fsp3) is 1.00. The standard InChI is InChI=1S/C30H52O4/c1-25(2,3)23-7-11-29(12-8-23)31-19-27(20-32-29)15-17-28(18-16-27)21-33-30(34-22-28)13-9-24(10-14-30)26(4,5)6/h23-24H,7-22H2,1-6H3. The quantitative estimate of drug-likeness (QED) is 0.363. The first kappa shape index (κ1) is 25.5. The Balaban J connectivity index is 1.09. The fourth-order valence-electron chi connectivity index (χ4n) is 7.62. The Morgan fingerprint density at radius 1 is 0.441 bits per heavy atom. The second kappa shape index (κ2) is 8.71. The van der Waals surface area contributed by atoms with Crippen LogP contribution in [0.15, 0.2) is 0 Å². The Morgan fingerprint density at radius 2 is 0.706 bits per heavy atom. The molecule has 3 saturated carbocycles. The fourth-order valence-corrected chi connectivity index (χ4v) is 7.62. The molecule has 0 atom stereocenters. The second-order valence-electron chi connectivity index (χ2n) is 15.3. The largest absolute Gasteiger partial charge is 0.349 e. The van der Waals surface area contributed by atoms with Crippen molar-refractivity contribution in [2.75, 3.05) is 26.4 Å². The van der Waals surface area contributed by atoms with Crippen LogP contribution in [-0.4, -0.2) is 38.0 Å². The molecule has 0 N–H and O–H groups in total. The summed E-state index contributed by atoms with van der Waals surface area (Å²) in [4.78, 5) is 0. The molecule has 0 aromatic carbocycles. The van der Waals surface area contributed by atoms with Crippen molar-refractivity contribution in [3.63, 3.8) is 0 Å². The minimum absolute atomic E-state index is 0.206. The van der Waals surface area contributed by atoms with E-state index in [0.717, 1.165) is 63.9 Å². The molecular weight excluding hydrogens is 424 g/mol. The maximum Gasteiger partial charge on any atom is 0.168 e. The number of hydrogen-bond donors (Lipinski definition) is 0. The van der Waals surface area contributed by atoms with Gasteiger partial charge in [0.05, 0.1) is 26.4 Å². The van der Waals surface area contributed by atoms with Gasteiger partial charge in [-0.05, 0) is 74.0 Å². The lowest BCUT2D eigenvalue weighted by Crippen LogP contribution is -2.56. The van der Waals surface area contributed by atoms with Crippen molar-refractivity contribution in [2.45, 2.75) is 130 Å². The van der Waals surface area contributed by atoms with Gasteiger partial charge in [-0.2, -0.15) is 0 Å². The smallest absolute Gasteiger partial charge is 0.168 e. The molecule has 3 aliphatic carbocycles. The number of hydrogen-bond acceptors (Lipinski definition) is 4. The van der Waals surface area contributed by atoms with Gasteiger partial charge in [-0.1, -0.05) is 41.5 Å². The van der Waals surface area contributed by atoms with Crippen LogP contribution >= 0.6 is 0 Å². The van der Waals surface area contributed by atoms with Crippen LogP contribution in [-0.2, 0) is 18.9 Å². The van der Waals surface area contributed by atoms with Crippen molar-refractivity contribution in [3.8, 4) is 0 Å². The minimum Gasteiger partial charge on any atom is -0.349 e. The van der Waals surface area contributed by atoms with E-state index in [4.69, 9.17) is 18.9 Å². The van der Waals surface area contributed by atoms with Gasteiger partial charge in [0.25, 0.3) is 0 Å². The van der Waals surface area contributed by atoms with Gasteiger partial charge >= 0.3 is 0 Å². The van der Waals surface area contributed by atoms with Crippen molar-refractivity contribution in [1.82, 2.24) is 0 Å². The van der Waals surface area contributed by atoms with Gasteiger partial charge in [0, 0.05) is 36.5 Å². The van der Waals surface area contributed by atoms with Crippen molar-refractivity contribution < 1.29 is 18.9 Å². The van der Waals surface area contributed by atoms with Crippen LogP contribution in [0.4, 0.5) is 0 Å². The average Bonchev–Trinajstić information content (AvgIpc) is 2.80. The predicted molar refractivity (Wildman–Crippen MR) is 135 cm³/mol. The Hall–Kier alpha value is -0.160. The summed E-state index contributed by atoms with van der Waals surface area (Å²) >= 11 is 0. The van der Waals surface area contributed by atoms with Crippen LogP contribution in [0.3, 0.4) is 0 Å². The van der Waals surface area contributed by atoms with Crippen LogP contribution < -0.4 is 0 Å². The van der Waals surface area contributed by atoms with Crippen LogP contribution in [0.5, 0.6) is 0 Å². The molecule has 4 spiro atoms. The van der Waals surface area contributed by atoms with Crippen LogP contribution in [0, 0.1) is 33.5 Å². The molecular formula is C30H52O4. The third-order valence-corrected chi connectivity index (χ3v) is 10.9. The summed E-state index contributed by atoms with van der Waals surface area (Å²) in [6, 6.07) is 0. The Morgan fingerprint density at radius 3 is 0.941 bits per heavy atom. The molecule has 5 rings (SSSR count). The first-order valence-corrected chi connectivity index (χ1v) is 14.4. The lowest BCUT2D eigenvalue weighted by molar-refractivity contribution is -0.340. The van der Waals surface area contributed by atoms with E-state index in [1.165, 1.54) is 51.4 Å².